The highest BCUT2D eigenvalue weighted by Gasteiger charge is 2.12. The van der Waals surface area contributed by atoms with Gasteiger partial charge in [-0.15, -0.1) is 0 Å². The highest BCUT2D eigenvalue weighted by molar-refractivity contribution is 5.49. The number of nitrogens with zero attached hydrogens (tertiary/aromatic N) is 3. The lowest BCUT2D eigenvalue weighted by atomic mass is 10.3. The van der Waals surface area contributed by atoms with Gasteiger partial charge in [-0.25, -0.2) is 4.98 Å². The zero-order valence-corrected chi connectivity index (χ0v) is 10.3. The molecule has 2 aromatic rings. The van der Waals surface area contributed by atoms with Crippen LogP contribution in [0.1, 0.15) is 18.5 Å². The Morgan fingerprint density at radius 1 is 1.22 bits per heavy atom. The second-order valence-electron chi connectivity index (χ2n) is 4.53. The van der Waals surface area contributed by atoms with Gasteiger partial charge in [0.25, 0.3) is 0 Å². The van der Waals surface area contributed by atoms with Crippen molar-refractivity contribution in [3.05, 3.63) is 36.3 Å². The predicted octanol–water partition coefficient (Wildman–Crippen LogP) is 2.02. The molecular weight excluding hydrogens is 226 g/mol. The Bertz CT molecular complexity index is 471. The molecule has 2 aromatic heterocycles. The van der Waals surface area contributed by atoms with Crippen LogP contribution in [0.3, 0.4) is 0 Å². The number of pyridine rings is 1. The number of anilines is 2. The first-order chi connectivity index (χ1) is 8.92. The van der Waals surface area contributed by atoms with Crippen LogP contribution in [0, 0.1) is 0 Å². The lowest BCUT2D eigenvalue weighted by Crippen LogP contribution is -2.18. The molecule has 3 heterocycles. The molecule has 2 N–H and O–H groups in total. The summed E-state index contributed by atoms with van der Waals surface area (Å²) in [5, 5.41) is 10.1. The van der Waals surface area contributed by atoms with Crippen molar-refractivity contribution in [3.63, 3.8) is 0 Å². The number of aromatic amines is 1. The maximum absolute atomic E-state index is 4.50. The van der Waals surface area contributed by atoms with E-state index >= 15 is 0 Å². The van der Waals surface area contributed by atoms with Gasteiger partial charge in [0.1, 0.15) is 5.82 Å². The highest BCUT2D eigenvalue weighted by atomic mass is 15.2. The third-order valence-corrected chi connectivity index (χ3v) is 3.22. The van der Waals surface area contributed by atoms with Crippen LogP contribution >= 0.6 is 0 Å². The molecule has 0 spiro atoms. The van der Waals surface area contributed by atoms with Crippen LogP contribution in [-0.4, -0.2) is 28.3 Å². The Morgan fingerprint density at radius 3 is 2.78 bits per heavy atom. The van der Waals surface area contributed by atoms with Crippen LogP contribution < -0.4 is 10.2 Å². The van der Waals surface area contributed by atoms with E-state index in [1.165, 1.54) is 12.8 Å². The number of hydrogen-bond donors (Lipinski definition) is 2. The lowest BCUT2D eigenvalue weighted by molar-refractivity contribution is 0.935. The average molecular weight is 243 g/mol. The molecule has 18 heavy (non-hydrogen) atoms. The highest BCUT2D eigenvalue weighted by Crippen LogP contribution is 2.19. The molecule has 1 aliphatic heterocycles. The first kappa shape index (κ1) is 11.1. The predicted molar refractivity (Wildman–Crippen MR) is 71.6 cm³/mol. The first-order valence-corrected chi connectivity index (χ1v) is 6.35. The number of hydrogen-bond acceptors (Lipinski definition) is 4. The molecular formula is C13H17N5. The van der Waals surface area contributed by atoms with Crippen molar-refractivity contribution in [2.45, 2.75) is 19.4 Å². The van der Waals surface area contributed by atoms with E-state index in [9.17, 15) is 0 Å². The minimum absolute atomic E-state index is 0.741. The van der Waals surface area contributed by atoms with Crippen molar-refractivity contribution in [2.75, 3.05) is 23.3 Å². The summed E-state index contributed by atoms with van der Waals surface area (Å²) in [5.74, 6) is 1.08. The minimum atomic E-state index is 0.741. The van der Waals surface area contributed by atoms with Gasteiger partial charge in [0.05, 0.1) is 24.1 Å². The molecule has 0 aromatic carbocycles. The van der Waals surface area contributed by atoms with Crippen LogP contribution in [0.25, 0.3) is 0 Å². The molecule has 1 aliphatic rings. The monoisotopic (exact) mass is 243 g/mol. The third-order valence-electron chi connectivity index (χ3n) is 3.22. The van der Waals surface area contributed by atoms with Gasteiger partial charge in [-0.1, -0.05) is 0 Å². The maximum atomic E-state index is 4.50. The zero-order valence-electron chi connectivity index (χ0n) is 10.3. The average Bonchev–Trinajstić information content (AvgIpc) is 3.10. The fourth-order valence-electron chi connectivity index (χ4n) is 2.20. The first-order valence-electron chi connectivity index (χ1n) is 6.35. The van der Waals surface area contributed by atoms with Gasteiger partial charge in [0.2, 0.25) is 0 Å². The zero-order chi connectivity index (χ0) is 12.2. The minimum Gasteiger partial charge on any atom is -0.378 e. The van der Waals surface area contributed by atoms with E-state index in [0.29, 0.717) is 0 Å². The van der Waals surface area contributed by atoms with Crippen molar-refractivity contribution >= 4 is 11.5 Å². The molecule has 1 fully saturated rings. The Kier molecular flexibility index (Phi) is 3.12. The van der Waals surface area contributed by atoms with Gasteiger partial charge in [-0.2, -0.15) is 5.10 Å². The van der Waals surface area contributed by atoms with Gasteiger partial charge in [-0.05, 0) is 31.0 Å². The van der Waals surface area contributed by atoms with E-state index in [1.54, 1.807) is 6.20 Å². The summed E-state index contributed by atoms with van der Waals surface area (Å²) in [6, 6.07) is 6.12. The number of H-pyrrole nitrogens is 1. The summed E-state index contributed by atoms with van der Waals surface area (Å²) in [4.78, 5) is 6.83. The Balaban J connectivity index is 1.60. The normalized spacial score (nSPS) is 15.0. The molecule has 0 atom stereocenters. The van der Waals surface area contributed by atoms with Crippen LogP contribution in [0.2, 0.25) is 0 Å². The van der Waals surface area contributed by atoms with E-state index in [-0.39, 0.29) is 0 Å². The molecule has 5 heteroatoms. The fourth-order valence-corrected chi connectivity index (χ4v) is 2.20. The molecule has 0 amide bonds. The molecule has 1 saturated heterocycles. The molecule has 0 saturated carbocycles. The van der Waals surface area contributed by atoms with Crippen molar-refractivity contribution < 1.29 is 0 Å². The summed E-state index contributed by atoms with van der Waals surface area (Å²) >= 11 is 0. The molecule has 0 unspecified atom stereocenters. The van der Waals surface area contributed by atoms with Crippen LogP contribution in [0.4, 0.5) is 11.5 Å². The topological polar surface area (TPSA) is 56.8 Å². The summed E-state index contributed by atoms with van der Waals surface area (Å²) in [7, 11) is 0. The third kappa shape index (κ3) is 2.45. The van der Waals surface area contributed by atoms with E-state index < -0.39 is 0 Å². The Morgan fingerprint density at radius 2 is 2.11 bits per heavy atom. The van der Waals surface area contributed by atoms with Gasteiger partial charge < -0.3 is 10.2 Å². The number of aromatic nitrogens is 3. The molecule has 94 valence electrons. The van der Waals surface area contributed by atoms with Crippen LogP contribution in [-0.2, 0) is 6.54 Å². The van der Waals surface area contributed by atoms with Crippen molar-refractivity contribution in [1.82, 2.24) is 15.2 Å². The summed E-state index contributed by atoms with van der Waals surface area (Å²) < 4.78 is 0. The largest absolute Gasteiger partial charge is 0.378 e. The number of rotatable bonds is 4. The fraction of sp³-hybridized carbons (Fsp3) is 0.385. The van der Waals surface area contributed by atoms with Crippen molar-refractivity contribution in [2.24, 2.45) is 0 Å². The van der Waals surface area contributed by atoms with Gasteiger partial charge >= 0.3 is 0 Å². The van der Waals surface area contributed by atoms with Crippen molar-refractivity contribution in [3.8, 4) is 0 Å². The summed E-state index contributed by atoms with van der Waals surface area (Å²) in [6.45, 7) is 3.01. The Hall–Kier alpha value is -2.04. The van der Waals surface area contributed by atoms with E-state index in [2.05, 4.69) is 37.5 Å². The molecule has 3 rings (SSSR count). The quantitative estimate of drug-likeness (QED) is 0.862. The SMILES string of the molecule is c1cc(CNc2ccc(N3CCCC3)nc2)[nH]n1. The van der Waals surface area contributed by atoms with E-state index in [0.717, 1.165) is 36.8 Å². The Labute approximate surface area is 106 Å². The van der Waals surface area contributed by atoms with Gasteiger partial charge in [0, 0.05) is 19.3 Å². The number of nitrogens with one attached hydrogen (secondary N) is 2. The van der Waals surface area contributed by atoms with E-state index in [4.69, 9.17) is 0 Å². The molecule has 0 bridgehead atoms. The van der Waals surface area contributed by atoms with Gasteiger partial charge in [0.15, 0.2) is 0 Å². The van der Waals surface area contributed by atoms with Gasteiger partial charge in [-0.3, -0.25) is 5.10 Å². The van der Waals surface area contributed by atoms with E-state index in [1.807, 2.05) is 12.3 Å². The second kappa shape index (κ2) is 5.08. The summed E-state index contributed by atoms with van der Waals surface area (Å²) in [5.41, 5.74) is 2.10. The molecule has 0 radical (unpaired) electrons. The second-order valence-corrected chi connectivity index (χ2v) is 4.53. The van der Waals surface area contributed by atoms with Crippen LogP contribution in [0.15, 0.2) is 30.6 Å². The lowest BCUT2D eigenvalue weighted by Gasteiger charge is -2.16. The maximum Gasteiger partial charge on any atom is 0.128 e. The standard InChI is InChI=1S/C13H17N5/c1-2-8-18(7-1)13-4-3-11(9-15-13)14-10-12-5-6-16-17-12/h3-6,9,14H,1-2,7-8,10H2,(H,16,17). The summed E-state index contributed by atoms with van der Waals surface area (Å²) in [6.07, 6.45) is 6.21. The molecule has 0 aliphatic carbocycles. The van der Waals surface area contributed by atoms with Crippen molar-refractivity contribution in [1.29, 1.82) is 0 Å². The molecule has 5 nitrogen and oxygen atoms in total. The smallest absolute Gasteiger partial charge is 0.128 e. The van der Waals surface area contributed by atoms with Crippen LogP contribution in [0.5, 0.6) is 0 Å².